The van der Waals surface area contributed by atoms with Crippen molar-refractivity contribution in [2.45, 2.75) is 42.6 Å². The van der Waals surface area contributed by atoms with Gasteiger partial charge < -0.3 is 4.74 Å². The van der Waals surface area contributed by atoms with Crippen LogP contribution < -0.4 is 4.74 Å². The molecule has 2 aromatic heterocycles. The van der Waals surface area contributed by atoms with Crippen LogP contribution in [0.4, 0.5) is 0 Å². The van der Waals surface area contributed by atoms with Crippen molar-refractivity contribution < 1.29 is 4.74 Å². The Hall–Kier alpha value is -1.45. The van der Waals surface area contributed by atoms with E-state index in [2.05, 4.69) is 36.8 Å². The second kappa shape index (κ2) is 8.06. The Bertz CT molecular complexity index is 891. The van der Waals surface area contributed by atoms with Crippen LogP contribution in [-0.4, -0.2) is 32.3 Å². The van der Waals surface area contributed by atoms with E-state index in [1.54, 1.807) is 30.2 Å². The van der Waals surface area contributed by atoms with Crippen LogP contribution in [0.15, 0.2) is 33.2 Å². The van der Waals surface area contributed by atoms with Crippen LogP contribution in [0.2, 0.25) is 0 Å². The molecule has 1 fully saturated rings. The van der Waals surface area contributed by atoms with Gasteiger partial charge in [0.15, 0.2) is 0 Å². The van der Waals surface area contributed by atoms with E-state index < -0.39 is 0 Å². The Morgan fingerprint density at radius 2 is 2.19 bits per heavy atom. The number of rotatable bonds is 6. The fourth-order valence-corrected chi connectivity index (χ4v) is 5.28. The minimum absolute atomic E-state index is 0.449. The maximum absolute atomic E-state index is 5.47. The monoisotopic (exact) mass is 451 g/mol. The van der Waals surface area contributed by atoms with E-state index in [0.29, 0.717) is 6.04 Å². The highest BCUT2D eigenvalue weighted by Gasteiger charge is 2.22. The van der Waals surface area contributed by atoms with Crippen molar-refractivity contribution >= 4 is 39.0 Å². The van der Waals surface area contributed by atoms with Crippen molar-refractivity contribution in [3.8, 4) is 16.3 Å². The summed E-state index contributed by atoms with van der Waals surface area (Å²) in [5.41, 5.74) is 2.02. The maximum atomic E-state index is 5.47. The van der Waals surface area contributed by atoms with Gasteiger partial charge in [0.25, 0.3) is 0 Å². The van der Waals surface area contributed by atoms with E-state index >= 15 is 0 Å². The number of tetrazole rings is 1. The average Bonchev–Trinajstić information content (AvgIpc) is 3.40. The summed E-state index contributed by atoms with van der Waals surface area (Å²) in [6, 6.07) is 6.40. The van der Waals surface area contributed by atoms with Crippen LogP contribution in [-0.2, 0) is 5.75 Å². The zero-order chi connectivity index (χ0) is 17.9. The fourth-order valence-electron chi connectivity index (χ4n) is 3.14. The molecule has 26 heavy (non-hydrogen) atoms. The minimum atomic E-state index is 0.449. The van der Waals surface area contributed by atoms with Crippen molar-refractivity contribution in [1.82, 2.24) is 25.2 Å². The molecule has 1 aliphatic rings. The normalized spacial score (nSPS) is 14.8. The summed E-state index contributed by atoms with van der Waals surface area (Å²) in [6.45, 7) is 0. The fraction of sp³-hybridized carbons (Fsp3) is 0.412. The third-order valence-corrected chi connectivity index (χ3v) is 6.81. The molecule has 0 spiro atoms. The van der Waals surface area contributed by atoms with Crippen molar-refractivity contribution in [1.29, 1.82) is 0 Å². The lowest BCUT2D eigenvalue weighted by Gasteiger charge is -2.10. The van der Waals surface area contributed by atoms with Gasteiger partial charge in [0.1, 0.15) is 10.8 Å². The number of thiazole rings is 1. The Balaban J connectivity index is 1.48. The van der Waals surface area contributed by atoms with Gasteiger partial charge >= 0.3 is 0 Å². The molecule has 0 bridgehead atoms. The standard InChI is InChI=1S/C17H18BrN5OS2/c1-24-15-7-6-11(18)8-14(15)16-19-12(9-25-16)10-26-17-20-21-22-23(17)13-4-2-3-5-13/h6-9,13H,2-5,10H2,1H3. The average molecular weight is 452 g/mol. The highest BCUT2D eigenvalue weighted by atomic mass is 79.9. The number of halogens is 1. The van der Waals surface area contributed by atoms with Gasteiger partial charge in [0.05, 0.1) is 24.4 Å². The van der Waals surface area contributed by atoms with Gasteiger partial charge in [0.2, 0.25) is 5.16 Å². The number of aromatic nitrogens is 5. The minimum Gasteiger partial charge on any atom is -0.496 e. The predicted molar refractivity (Wildman–Crippen MR) is 107 cm³/mol. The van der Waals surface area contributed by atoms with Crippen molar-refractivity contribution in [2.24, 2.45) is 0 Å². The lowest BCUT2D eigenvalue weighted by atomic mass is 10.2. The molecular formula is C17H18BrN5OS2. The molecule has 0 unspecified atom stereocenters. The zero-order valence-corrected chi connectivity index (χ0v) is 17.5. The van der Waals surface area contributed by atoms with Crippen molar-refractivity contribution in [3.05, 3.63) is 33.7 Å². The predicted octanol–water partition coefficient (Wildman–Crippen LogP) is 4.98. The largest absolute Gasteiger partial charge is 0.496 e. The molecule has 0 aliphatic heterocycles. The van der Waals surface area contributed by atoms with Gasteiger partial charge in [-0.05, 0) is 41.5 Å². The van der Waals surface area contributed by atoms with E-state index in [4.69, 9.17) is 9.72 Å². The smallest absolute Gasteiger partial charge is 0.209 e. The summed E-state index contributed by atoms with van der Waals surface area (Å²) >= 11 is 6.79. The molecule has 1 aromatic carbocycles. The third-order valence-electron chi connectivity index (χ3n) is 4.43. The quantitative estimate of drug-likeness (QED) is 0.492. The number of ether oxygens (including phenoxy) is 1. The lowest BCUT2D eigenvalue weighted by molar-refractivity contribution is 0.416. The molecule has 0 radical (unpaired) electrons. The van der Waals surface area contributed by atoms with E-state index in [9.17, 15) is 0 Å². The number of hydrogen-bond donors (Lipinski definition) is 0. The topological polar surface area (TPSA) is 65.7 Å². The van der Waals surface area contributed by atoms with Crippen molar-refractivity contribution in [3.63, 3.8) is 0 Å². The SMILES string of the molecule is COc1ccc(Br)cc1-c1nc(CSc2nnnn2C2CCCC2)cs1. The zero-order valence-electron chi connectivity index (χ0n) is 14.3. The van der Waals surface area contributed by atoms with Crippen LogP contribution >= 0.6 is 39.0 Å². The Morgan fingerprint density at radius 1 is 1.35 bits per heavy atom. The molecule has 3 aromatic rings. The molecule has 9 heteroatoms. The van der Waals surface area contributed by atoms with E-state index in [1.807, 2.05) is 22.9 Å². The first kappa shape index (κ1) is 17.9. The Kier molecular flexibility index (Phi) is 5.56. The molecule has 1 saturated carbocycles. The van der Waals surface area contributed by atoms with Gasteiger partial charge in [-0.2, -0.15) is 0 Å². The first-order valence-electron chi connectivity index (χ1n) is 8.43. The number of benzene rings is 1. The van der Waals surface area contributed by atoms with Crippen LogP contribution in [0.25, 0.3) is 10.6 Å². The third kappa shape index (κ3) is 3.79. The van der Waals surface area contributed by atoms with Crippen LogP contribution in [0.1, 0.15) is 37.4 Å². The van der Waals surface area contributed by atoms with Crippen LogP contribution in [0, 0.1) is 0 Å². The lowest BCUT2D eigenvalue weighted by Crippen LogP contribution is -2.08. The first-order valence-corrected chi connectivity index (χ1v) is 11.1. The van der Waals surface area contributed by atoms with Crippen molar-refractivity contribution in [2.75, 3.05) is 7.11 Å². The molecule has 0 amide bonds. The molecule has 136 valence electrons. The van der Waals surface area contributed by atoms with Gasteiger partial charge in [-0.25, -0.2) is 9.67 Å². The number of hydrogen-bond acceptors (Lipinski definition) is 7. The molecule has 0 saturated heterocycles. The second-order valence-corrected chi connectivity index (χ2v) is 8.84. The highest BCUT2D eigenvalue weighted by molar-refractivity contribution is 9.10. The maximum Gasteiger partial charge on any atom is 0.209 e. The molecule has 0 atom stereocenters. The summed E-state index contributed by atoms with van der Waals surface area (Å²) in [7, 11) is 1.68. The Morgan fingerprint density at radius 3 is 3.00 bits per heavy atom. The first-order chi connectivity index (χ1) is 12.7. The molecular weight excluding hydrogens is 434 g/mol. The highest BCUT2D eigenvalue weighted by Crippen LogP contribution is 2.36. The Labute approximate surface area is 168 Å². The van der Waals surface area contributed by atoms with Crippen LogP contribution in [0.3, 0.4) is 0 Å². The molecule has 1 aliphatic carbocycles. The second-order valence-electron chi connectivity index (χ2n) is 6.12. The number of thioether (sulfide) groups is 1. The van der Waals surface area contributed by atoms with Gasteiger partial charge in [-0.3, -0.25) is 0 Å². The van der Waals surface area contributed by atoms with E-state index in [1.165, 1.54) is 25.7 Å². The van der Waals surface area contributed by atoms with Crippen LogP contribution in [0.5, 0.6) is 5.75 Å². The molecule has 2 heterocycles. The molecule has 6 nitrogen and oxygen atoms in total. The summed E-state index contributed by atoms with van der Waals surface area (Å²) in [5.74, 6) is 1.58. The summed E-state index contributed by atoms with van der Waals surface area (Å²) in [4.78, 5) is 4.78. The van der Waals surface area contributed by atoms with Gasteiger partial charge in [-0.15, -0.1) is 16.4 Å². The van der Waals surface area contributed by atoms with Gasteiger partial charge in [0, 0.05) is 15.6 Å². The number of methoxy groups -OCH3 is 1. The van der Waals surface area contributed by atoms with E-state index in [-0.39, 0.29) is 0 Å². The summed E-state index contributed by atoms with van der Waals surface area (Å²) in [6.07, 6.45) is 4.86. The van der Waals surface area contributed by atoms with E-state index in [0.717, 1.165) is 37.4 Å². The number of nitrogens with zero attached hydrogens (tertiary/aromatic N) is 5. The summed E-state index contributed by atoms with van der Waals surface area (Å²) < 4.78 is 8.46. The molecule has 0 N–H and O–H groups in total. The summed E-state index contributed by atoms with van der Waals surface area (Å²) in [5, 5.41) is 16.2. The van der Waals surface area contributed by atoms with Gasteiger partial charge in [-0.1, -0.05) is 40.5 Å². The molecule has 4 rings (SSSR count).